The summed E-state index contributed by atoms with van der Waals surface area (Å²) in [5, 5.41) is 12.6. The van der Waals surface area contributed by atoms with Crippen LogP contribution in [0.4, 0.5) is 11.5 Å². The third-order valence-corrected chi connectivity index (χ3v) is 8.49. The fourth-order valence-corrected chi connectivity index (χ4v) is 6.95. The minimum Gasteiger partial charge on any atom is -0.478 e. The minimum atomic E-state index is -1.08. The monoisotopic (exact) mass is 487 g/mol. The van der Waals surface area contributed by atoms with E-state index < -0.39 is 5.97 Å². The Morgan fingerprint density at radius 2 is 1.72 bits per heavy atom. The highest BCUT2D eigenvalue weighted by Crippen LogP contribution is 2.47. The van der Waals surface area contributed by atoms with Crippen LogP contribution in [0.25, 0.3) is 11.0 Å². The van der Waals surface area contributed by atoms with Gasteiger partial charge in [-0.1, -0.05) is 44.2 Å². The molecule has 0 amide bonds. The van der Waals surface area contributed by atoms with Gasteiger partial charge in [0.25, 0.3) is 5.56 Å². The second-order valence-corrected chi connectivity index (χ2v) is 10.5. The number of carbonyl (C=O) groups is 1. The Morgan fingerprint density at radius 3 is 2.53 bits per heavy atom. The number of carboxylic acid groups (broad SMARTS) is 1. The summed E-state index contributed by atoms with van der Waals surface area (Å²) in [7, 11) is 0. The molecule has 3 aromatic rings. The lowest BCUT2D eigenvalue weighted by Crippen LogP contribution is -2.42. The maximum absolute atomic E-state index is 14.0. The highest BCUT2D eigenvalue weighted by molar-refractivity contribution is 5.94. The molecule has 4 heterocycles. The zero-order valence-electron chi connectivity index (χ0n) is 20.5. The highest BCUT2D eigenvalue weighted by atomic mass is 16.4. The molecule has 2 N–H and O–H groups in total. The normalized spacial score (nSPS) is 25.1. The summed E-state index contributed by atoms with van der Waals surface area (Å²) in [5.74, 6) is -0.937. The third-order valence-electron chi connectivity index (χ3n) is 8.49. The number of carboxylic acids is 1. The van der Waals surface area contributed by atoms with Crippen molar-refractivity contribution in [3.05, 3.63) is 58.6 Å². The van der Waals surface area contributed by atoms with E-state index in [0.717, 1.165) is 23.9 Å². The van der Waals surface area contributed by atoms with E-state index in [1.54, 1.807) is 0 Å². The molecule has 3 aliphatic rings. The number of aromatic carboxylic acids is 1. The molecule has 2 aromatic heterocycles. The first kappa shape index (κ1) is 23.2. The molecule has 3 atom stereocenters. The van der Waals surface area contributed by atoms with Crippen LogP contribution in [0.15, 0.2) is 47.5 Å². The first-order valence-electron chi connectivity index (χ1n) is 13.3. The Kier molecular flexibility index (Phi) is 6.21. The molecule has 36 heavy (non-hydrogen) atoms. The molecule has 8 heteroatoms. The van der Waals surface area contributed by atoms with Gasteiger partial charge in [-0.15, -0.1) is 0 Å². The fraction of sp³-hybridized carbons (Fsp3) is 0.500. The molecule has 1 saturated carbocycles. The zero-order valence-corrected chi connectivity index (χ0v) is 20.5. The second-order valence-electron chi connectivity index (χ2n) is 10.5. The number of hydrogen-bond donors (Lipinski definition) is 2. The van der Waals surface area contributed by atoms with Crippen LogP contribution in [-0.4, -0.2) is 48.6 Å². The van der Waals surface area contributed by atoms with Crippen molar-refractivity contribution >= 4 is 28.5 Å². The van der Waals surface area contributed by atoms with Gasteiger partial charge >= 0.3 is 5.97 Å². The molecular formula is C28H33N5O3. The summed E-state index contributed by atoms with van der Waals surface area (Å²) in [6.07, 6.45) is 15.3. The van der Waals surface area contributed by atoms with Crippen molar-refractivity contribution in [3.63, 3.8) is 0 Å². The molecule has 2 saturated heterocycles. The smallest absolute Gasteiger partial charge is 0.337 e. The topological polar surface area (TPSA) is 100 Å². The van der Waals surface area contributed by atoms with E-state index in [0.29, 0.717) is 18.1 Å². The number of fused-ring (bicyclic) bond motifs is 3. The molecule has 1 unspecified atom stereocenters. The van der Waals surface area contributed by atoms with Crippen molar-refractivity contribution in [1.82, 2.24) is 19.4 Å². The molecule has 0 radical (unpaired) electrons. The SMILES string of the molecule is O=C(O)c1ccncc1Nc1nc2ccccc2n([C@@H]2C[C@@H]3CCC2N3C2CCCCCCC2)c1=O. The Morgan fingerprint density at radius 1 is 0.944 bits per heavy atom. The molecule has 0 spiro atoms. The van der Waals surface area contributed by atoms with Crippen molar-refractivity contribution in [2.45, 2.75) is 88.4 Å². The van der Waals surface area contributed by atoms with E-state index >= 15 is 0 Å². The second kappa shape index (κ2) is 9.65. The van der Waals surface area contributed by atoms with Gasteiger partial charge in [-0.2, -0.15) is 0 Å². The van der Waals surface area contributed by atoms with Gasteiger partial charge in [0.15, 0.2) is 5.82 Å². The van der Waals surface area contributed by atoms with Crippen molar-refractivity contribution < 1.29 is 9.90 Å². The first-order chi connectivity index (χ1) is 17.6. The summed E-state index contributed by atoms with van der Waals surface area (Å²) in [6, 6.07) is 10.8. The van der Waals surface area contributed by atoms with Crippen LogP contribution in [-0.2, 0) is 0 Å². The summed E-state index contributed by atoms with van der Waals surface area (Å²) in [5.41, 5.74) is 1.68. The summed E-state index contributed by atoms with van der Waals surface area (Å²) in [4.78, 5) is 37.1. The van der Waals surface area contributed by atoms with Crippen LogP contribution < -0.4 is 10.9 Å². The van der Waals surface area contributed by atoms with E-state index in [1.165, 1.54) is 69.8 Å². The molecule has 2 aliphatic heterocycles. The molecule has 188 valence electrons. The third kappa shape index (κ3) is 4.07. The Bertz CT molecular complexity index is 1330. The lowest BCUT2D eigenvalue weighted by molar-refractivity contribution is 0.0698. The highest BCUT2D eigenvalue weighted by Gasteiger charge is 2.50. The first-order valence-corrected chi connectivity index (χ1v) is 13.3. The van der Waals surface area contributed by atoms with Crippen LogP contribution in [0, 0.1) is 0 Å². The molecule has 1 aromatic carbocycles. The number of benzene rings is 1. The van der Waals surface area contributed by atoms with Crippen LogP contribution >= 0.6 is 0 Å². The lowest BCUT2D eigenvalue weighted by atomic mass is 9.94. The number of para-hydroxylation sites is 2. The van der Waals surface area contributed by atoms with E-state index in [1.807, 2.05) is 28.8 Å². The number of hydrogen-bond acceptors (Lipinski definition) is 6. The largest absolute Gasteiger partial charge is 0.478 e. The number of anilines is 2. The van der Waals surface area contributed by atoms with Crippen LogP contribution in [0.3, 0.4) is 0 Å². The van der Waals surface area contributed by atoms with Gasteiger partial charge in [-0.3, -0.25) is 19.2 Å². The number of aromatic nitrogens is 3. The van der Waals surface area contributed by atoms with Gasteiger partial charge in [0, 0.05) is 24.3 Å². The predicted octanol–water partition coefficient (Wildman–Crippen LogP) is 5.12. The number of pyridine rings is 1. The minimum absolute atomic E-state index is 0.0567. The van der Waals surface area contributed by atoms with E-state index in [-0.39, 0.29) is 28.7 Å². The van der Waals surface area contributed by atoms with Gasteiger partial charge < -0.3 is 10.4 Å². The van der Waals surface area contributed by atoms with E-state index in [9.17, 15) is 14.7 Å². The van der Waals surface area contributed by atoms with Gasteiger partial charge in [0.05, 0.1) is 34.5 Å². The van der Waals surface area contributed by atoms with Gasteiger partial charge in [-0.05, 0) is 50.3 Å². The molecule has 1 aliphatic carbocycles. The standard InChI is InChI=1S/C28H33N5O3/c34-27-26(31-22-17-29-15-14-20(22)28(35)36)30-21-10-6-7-11-23(21)33(27)25-16-19-12-13-24(25)32(19)18-8-4-2-1-3-5-9-18/h6-7,10-11,14-15,17-19,24-25H,1-5,8-9,12-13,16H2,(H,30,31)(H,35,36)/t19-,24?,25+/m0/s1. The fourth-order valence-electron chi connectivity index (χ4n) is 6.95. The number of rotatable bonds is 5. The lowest BCUT2D eigenvalue weighted by Gasteiger charge is -2.34. The Hall–Kier alpha value is -3.26. The van der Waals surface area contributed by atoms with Gasteiger partial charge in [0.2, 0.25) is 0 Å². The summed E-state index contributed by atoms with van der Waals surface area (Å²) in [6.45, 7) is 0. The van der Waals surface area contributed by atoms with Crippen molar-refractivity contribution in [2.24, 2.45) is 0 Å². The van der Waals surface area contributed by atoms with Crippen LogP contribution in [0.2, 0.25) is 0 Å². The van der Waals surface area contributed by atoms with Crippen molar-refractivity contribution in [3.8, 4) is 0 Å². The van der Waals surface area contributed by atoms with E-state index in [4.69, 9.17) is 0 Å². The van der Waals surface area contributed by atoms with Gasteiger partial charge in [-0.25, -0.2) is 9.78 Å². The summed E-state index contributed by atoms with van der Waals surface area (Å²) < 4.78 is 1.95. The van der Waals surface area contributed by atoms with Crippen molar-refractivity contribution in [2.75, 3.05) is 5.32 Å². The zero-order chi connectivity index (χ0) is 24.6. The quantitative estimate of drug-likeness (QED) is 0.515. The molecule has 6 rings (SSSR count). The van der Waals surface area contributed by atoms with Gasteiger partial charge in [0.1, 0.15) is 0 Å². The molecule has 2 bridgehead atoms. The Labute approximate surface area is 210 Å². The maximum atomic E-state index is 14.0. The summed E-state index contributed by atoms with van der Waals surface area (Å²) >= 11 is 0. The number of nitrogens with one attached hydrogen (secondary N) is 1. The van der Waals surface area contributed by atoms with Crippen LogP contribution in [0.1, 0.15) is 80.6 Å². The average Bonchev–Trinajstić information content (AvgIpc) is 3.43. The molecule has 3 fully saturated rings. The van der Waals surface area contributed by atoms with E-state index in [2.05, 4.69) is 20.2 Å². The predicted molar refractivity (Wildman–Crippen MR) is 139 cm³/mol. The molecular weight excluding hydrogens is 454 g/mol. The Balaban J connectivity index is 1.40. The average molecular weight is 488 g/mol. The number of nitrogens with zero attached hydrogens (tertiary/aromatic N) is 4. The molecule has 8 nitrogen and oxygen atoms in total. The van der Waals surface area contributed by atoms with Crippen molar-refractivity contribution in [1.29, 1.82) is 0 Å². The van der Waals surface area contributed by atoms with Crippen LogP contribution in [0.5, 0.6) is 0 Å². The maximum Gasteiger partial charge on any atom is 0.337 e.